The molecule has 4 aromatic rings. The van der Waals surface area contributed by atoms with Crippen LogP contribution in [0.25, 0.3) is 22.2 Å². The first-order valence-electron chi connectivity index (χ1n) is 12.8. The van der Waals surface area contributed by atoms with Gasteiger partial charge in [0, 0.05) is 30.3 Å². The van der Waals surface area contributed by atoms with Crippen molar-refractivity contribution >= 4 is 22.6 Å². The van der Waals surface area contributed by atoms with Crippen LogP contribution in [-0.4, -0.2) is 39.1 Å². The summed E-state index contributed by atoms with van der Waals surface area (Å²) in [4.78, 5) is 19.9. The number of allylic oxidation sites excluding steroid dienone is 1. The summed E-state index contributed by atoms with van der Waals surface area (Å²) in [6.45, 7) is 5.05. The second-order valence-electron chi connectivity index (χ2n) is 9.89. The Morgan fingerprint density at radius 2 is 1.92 bits per heavy atom. The smallest absolute Gasteiger partial charge is 0.264 e. The van der Waals surface area contributed by atoms with Gasteiger partial charge < -0.3 is 15.4 Å². The number of fused-ring (bicyclic) bond motifs is 1. The summed E-state index contributed by atoms with van der Waals surface area (Å²) in [5, 5.41) is 17.6. The van der Waals surface area contributed by atoms with E-state index in [1.165, 1.54) is 0 Å². The number of pyridine rings is 1. The fourth-order valence-electron chi connectivity index (χ4n) is 4.88. The van der Waals surface area contributed by atoms with Gasteiger partial charge in [-0.05, 0) is 61.2 Å². The van der Waals surface area contributed by atoms with Crippen molar-refractivity contribution in [3.63, 3.8) is 0 Å². The molecule has 1 atom stereocenters. The molecule has 0 aliphatic carbocycles. The number of aromatic nitrogens is 3. The van der Waals surface area contributed by atoms with Gasteiger partial charge in [0.15, 0.2) is 5.82 Å². The minimum Gasteiger partial charge on any atom is -0.457 e. The molecular formula is C30H30N6O2. The van der Waals surface area contributed by atoms with Gasteiger partial charge >= 0.3 is 0 Å². The monoisotopic (exact) mass is 506 g/mol. The van der Waals surface area contributed by atoms with Crippen molar-refractivity contribution in [2.45, 2.75) is 32.6 Å². The van der Waals surface area contributed by atoms with Gasteiger partial charge in [0.25, 0.3) is 5.91 Å². The Morgan fingerprint density at radius 3 is 2.63 bits per heavy atom. The van der Waals surface area contributed by atoms with Gasteiger partial charge in [-0.25, -0.2) is 0 Å². The fourth-order valence-corrected chi connectivity index (χ4v) is 4.88. The molecule has 8 heteroatoms. The van der Waals surface area contributed by atoms with Gasteiger partial charge in [0.2, 0.25) is 0 Å². The van der Waals surface area contributed by atoms with Crippen molar-refractivity contribution in [2.75, 3.05) is 18.8 Å². The number of H-pyrrole nitrogens is 1. The maximum absolute atomic E-state index is 13.1. The highest BCUT2D eigenvalue weighted by atomic mass is 16.5. The number of piperidine rings is 1. The average Bonchev–Trinajstić information content (AvgIpc) is 3.32. The first kappa shape index (κ1) is 25.0. The number of para-hydroxylation sites is 1. The Kier molecular flexibility index (Phi) is 7.09. The molecule has 8 nitrogen and oxygen atoms in total. The van der Waals surface area contributed by atoms with E-state index in [9.17, 15) is 10.1 Å². The van der Waals surface area contributed by atoms with E-state index in [4.69, 9.17) is 15.5 Å². The number of hydrogen-bond donors (Lipinski definition) is 2. The van der Waals surface area contributed by atoms with Crippen molar-refractivity contribution in [2.24, 2.45) is 5.92 Å². The number of rotatable bonds is 6. The van der Waals surface area contributed by atoms with Crippen molar-refractivity contribution in [1.29, 1.82) is 5.26 Å². The number of nitrogen functional groups attached to an aromatic ring is 1. The predicted octanol–water partition coefficient (Wildman–Crippen LogP) is 5.81. The maximum atomic E-state index is 13.1. The molecule has 3 N–H and O–H groups in total. The minimum atomic E-state index is -0.216. The second-order valence-corrected chi connectivity index (χ2v) is 9.89. The molecule has 0 bridgehead atoms. The molecule has 2 aromatic carbocycles. The maximum Gasteiger partial charge on any atom is 0.264 e. The van der Waals surface area contributed by atoms with Gasteiger partial charge in [0.05, 0.1) is 16.6 Å². The van der Waals surface area contributed by atoms with E-state index < -0.39 is 0 Å². The van der Waals surface area contributed by atoms with E-state index in [2.05, 4.69) is 16.3 Å². The molecular weight excluding hydrogens is 476 g/mol. The standard InChI is InChI=1S/C30H30N6O2/c1-19(2)15-22(17-31)30(37)36-14-6-7-21(18-36)25-16-26-27(29(32)35-34-26)28(33-25)20-10-12-24(13-11-20)38-23-8-4-3-5-9-23/h3-5,8-13,15-16,19,21H,6-7,14,18H2,1-2H3,(H3,32,34,35)/b22-15-/t21-/m0/s1. The third kappa shape index (κ3) is 5.23. The normalized spacial score (nSPS) is 16.0. The minimum absolute atomic E-state index is 0.0278. The lowest BCUT2D eigenvalue weighted by molar-refractivity contribution is -0.127. The zero-order chi connectivity index (χ0) is 26.6. The van der Waals surface area contributed by atoms with Crippen LogP contribution in [0.1, 0.15) is 38.3 Å². The number of carbonyl (C=O) groups excluding carboxylic acids is 1. The summed E-state index contributed by atoms with van der Waals surface area (Å²) < 4.78 is 5.94. The molecule has 0 radical (unpaired) electrons. The number of anilines is 1. The van der Waals surface area contributed by atoms with Crippen LogP contribution in [0.2, 0.25) is 0 Å². The first-order valence-corrected chi connectivity index (χ1v) is 12.8. The number of likely N-dealkylation sites (tertiary alicyclic amines) is 1. The summed E-state index contributed by atoms with van der Waals surface area (Å²) in [6.07, 6.45) is 3.46. The largest absolute Gasteiger partial charge is 0.457 e. The lowest BCUT2D eigenvalue weighted by Crippen LogP contribution is -2.40. The molecule has 1 fully saturated rings. The van der Waals surface area contributed by atoms with Gasteiger partial charge in [-0.2, -0.15) is 10.4 Å². The molecule has 1 amide bonds. The van der Waals surface area contributed by atoms with Crippen LogP contribution in [0.4, 0.5) is 5.82 Å². The zero-order valence-corrected chi connectivity index (χ0v) is 21.5. The topological polar surface area (TPSA) is 121 Å². The number of nitrogens with two attached hydrogens (primary N) is 1. The summed E-state index contributed by atoms with van der Waals surface area (Å²) >= 11 is 0. The molecule has 0 unspecified atom stereocenters. The highest BCUT2D eigenvalue weighted by Crippen LogP contribution is 2.35. The molecule has 5 rings (SSSR count). The average molecular weight is 507 g/mol. The Hall–Kier alpha value is -4.64. The van der Waals surface area contributed by atoms with Crippen LogP contribution in [0.3, 0.4) is 0 Å². The Balaban J connectivity index is 1.45. The number of nitrogens with zero attached hydrogens (tertiary/aromatic N) is 4. The van der Waals surface area contributed by atoms with E-state index in [-0.39, 0.29) is 23.3 Å². The van der Waals surface area contributed by atoms with Crippen LogP contribution < -0.4 is 10.5 Å². The zero-order valence-electron chi connectivity index (χ0n) is 21.5. The molecule has 0 saturated carbocycles. The number of aromatic amines is 1. The quantitative estimate of drug-likeness (QED) is 0.251. The number of nitriles is 1. The predicted molar refractivity (Wildman–Crippen MR) is 147 cm³/mol. The molecule has 1 aliphatic heterocycles. The molecule has 1 saturated heterocycles. The van der Waals surface area contributed by atoms with Gasteiger partial charge in [-0.1, -0.05) is 38.1 Å². The summed E-state index contributed by atoms with van der Waals surface area (Å²) in [7, 11) is 0. The lowest BCUT2D eigenvalue weighted by atomic mass is 9.92. The number of amides is 1. The van der Waals surface area contributed by atoms with Crippen molar-refractivity contribution in [3.8, 4) is 28.8 Å². The van der Waals surface area contributed by atoms with E-state index in [0.29, 0.717) is 18.9 Å². The fraction of sp³-hybridized carbons (Fsp3) is 0.267. The summed E-state index contributed by atoms with van der Waals surface area (Å²) in [6, 6.07) is 21.4. The highest BCUT2D eigenvalue weighted by molar-refractivity contribution is 6.00. The number of hydrogen-bond acceptors (Lipinski definition) is 6. The van der Waals surface area contributed by atoms with Crippen molar-refractivity contribution in [1.82, 2.24) is 20.1 Å². The Morgan fingerprint density at radius 1 is 1.18 bits per heavy atom. The van der Waals surface area contributed by atoms with Gasteiger partial charge in [0.1, 0.15) is 23.1 Å². The number of carbonyl (C=O) groups is 1. The number of benzene rings is 2. The molecule has 192 valence electrons. The molecule has 38 heavy (non-hydrogen) atoms. The van der Waals surface area contributed by atoms with Crippen LogP contribution >= 0.6 is 0 Å². The summed E-state index contributed by atoms with van der Waals surface area (Å²) in [5.74, 6) is 1.80. The molecule has 0 spiro atoms. The van der Waals surface area contributed by atoms with Crippen LogP contribution in [-0.2, 0) is 4.79 Å². The van der Waals surface area contributed by atoms with Crippen molar-refractivity contribution in [3.05, 3.63) is 78.0 Å². The molecule has 3 heterocycles. The lowest BCUT2D eigenvalue weighted by Gasteiger charge is -2.32. The SMILES string of the molecule is CC(C)/C=C(/C#N)C(=O)N1CCC[C@H](c2cc3[nH]nc(N)c3c(-c3ccc(Oc4ccccc4)cc3)n2)C1. The van der Waals surface area contributed by atoms with E-state index in [0.717, 1.165) is 52.2 Å². The van der Waals surface area contributed by atoms with Crippen LogP contribution in [0, 0.1) is 17.2 Å². The van der Waals surface area contributed by atoms with Crippen LogP contribution in [0.15, 0.2) is 72.3 Å². The van der Waals surface area contributed by atoms with Gasteiger partial charge in [-0.3, -0.25) is 14.9 Å². The third-order valence-corrected chi connectivity index (χ3v) is 6.68. The molecule has 2 aromatic heterocycles. The van der Waals surface area contributed by atoms with Crippen molar-refractivity contribution < 1.29 is 9.53 Å². The molecule has 1 aliphatic rings. The van der Waals surface area contributed by atoms with Gasteiger partial charge in [-0.15, -0.1) is 0 Å². The highest BCUT2D eigenvalue weighted by Gasteiger charge is 2.28. The second kappa shape index (κ2) is 10.8. The Bertz CT molecular complexity index is 1520. The number of nitrogens with one attached hydrogen (secondary N) is 1. The Labute approximate surface area is 221 Å². The van der Waals surface area contributed by atoms with E-state index in [1.807, 2.05) is 74.5 Å². The summed E-state index contributed by atoms with van der Waals surface area (Å²) in [5.41, 5.74) is 9.71. The van der Waals surface area contributed by atoms with E-state index in [1.54, 1.807) is 11.0 Å². The number of ether oxygens (including phenoxy) is 1. The third-order valence-electron chi connectivity index (χ3n) is 6.68. The first-order chi connectivity index (χ1) is 18.4. The van der Waals surface area contributed by atoms with E-state index >= 15 is 0 Å². The van der Waals surface area contributed by atoms with Crippen LogP contribution in [0.5, 0.6) is 11.5 Å².